The van der Waals surface area contributed by atoms with Crippen LogP contribution in [0.4, 0.5) is 5.69 Å². The van der Waals surface area contributed by atoms with Crippen molar-refractivity contribution >= 4 is 35.0 Å². The molecule has 4 rings (SSSR count). The molecule has 176 valence electrons. The third-order valence-electron chi connectivity index (χ3n) is 5.55. The molecular formula is C25H25ClN4O4. The molecule has 8 nitrogen and oxygen atoms in total. The molecule has 0 saturated carbocycles. The summed E-state index contributed by atoms with van der Waals surface area (Å²) in [4.78, 5) is 41.7. The predicted molar refractivity (Wildman–Crippen MR) is 129 cm³/mol. The molecule has 1 aliphatic rings. The molecular weight excluding hydrogens is 456 g/mol. The molecule has 0 aliphatic carbocycles. The van der Waals surface area contributed by atoms with E-state index in [0.717, 1.165) is 0 Å². The number of amides is 3. The fraction of sp³-hybridized carbons (Fsp3) is 0.240. The Morgan fingerprint density at radius 3 is 2.47 bits per heavy atom. The van der Waals surface area contributed by atoms with Gasteiger partial charge in [0.2, 0.25) is 5.91 Å². The summed E-state index contributed by atoms with van der Waals surface area (Å²) in [5, 5.41) is 6.15. The van der Waals surface area contributed by atoms with E-state index in [0.29, 0.717) is 53.8 Å². The zero-order valence-electron chi connectivity index (χ0n) is 18.5. The van der Waals surface area contributed by atoms with E-state index in [1.165, 1.54) is 0 Å². The highest BCUT2D eigenvalue weighted by Crippen LogP contribution is 2.17. The maximum atomic E-state index is 12.7. The lowest BCUT2D eigenvalue weighted by Crippen LogP contribution is -2.50. The van der Waals surface area contributed by atoms with Crippen LogP contribution in [0.15, 0.2) is 71.3 Å². The average molecular weight is 481 g/mol. The second kappa shape index (κ2) is 11.0. The van der Waals surface area contributed by atoms with Crippen molar-refractivity contribution in [2.75, 3.05) is 38.0 Å². The monoisotopic (exact) mass is 480 g/mol. The first-order chi connectivity index (χ1) is 16.5. The van der Waals surface area contributed by atoms with Gasteiger partial charge in [-0.1, -0.05) is 29.8 Å². The Labute approximate surface area is 202 Å². The number of furan rings is 1. The Kier molecular flexibility index (Phi) is 7.61. The fourth-order valence-corrected chi connectivity index (χ4v) is 3.96. The molecule has 0 unspecified atom stereocenters. The summed E-state index contributed by atoms with van der Waals surface area (Å²) in [6.45, 7) is 2.61. The molecule has 1 fully saturated rings. The first-order valence-corrected chi connectivity index (χ1v) is 11.3. The third-order valence-corrected chi connectivity index (χ3v) is 5.78. The van der Waals surface area contributed by atoms with Gasteiger partial charge in [0.05, 0.1) is 30.6 Å². The Balaban J connectivity index is 1.28. The zero-order chi connectivity index (χ0) is 23.9. The van der Waals surface area contributed by atoms with Gasteiger partial charge in [-0.3, -0.25) is 19.3 Å². The van der Waals surface area contributed by atoms with Gasteiger partial charge in [0.25, 0.3) is 11.8 Å². The molecule has 2 heterocycles. The van der Waals surface area contributed by atoms with Gasteiger partial charge in [-0.2, -0.15) is 0 Å². The van der Waals surface area contributed by atoms with Crippen LogP contribution >= 0.6 is 11.6 Å². The molecule has 0 spiro atoms. The standard InChI is InChI=1S/C25H25ClN4O4/c26-19-6-3-5-18(15-19)25(33)30-12-10-29(11-13-30)17-23(31)28-22-9-2-1-8-21(22)24(32)27-16-20-7-4-14-34-20/h1-9,14-15H,10-13,16-17H2,(H,27,32)(H,28,31). The van der Waals surface area contributed by atoms with Crippen molar-refractivity contribution in [3.63, 3.8) is 0 Å². The Hall–Kier alpha value is -3.62. The largest absolute Gasteiger partial charge is 0.467 e. The number of carbonyl (C=O) groups excluding carboxylic acids is 3. The lowest BCUT2D eigenvalue weighted by atomic mass is 10.1. The first-order valence-electron chi connectivity index (χ1n) is 11.0. The number of para-hydroxylation sites is 1. The number of halogens is 1. The van der Waals surface area contributed by atoms with Crippen LogP contribution in [0, 0.1) is 0 Å². The summed E-state index contributed by atoms with van der Waals surface area (Å²) in [7, 11) is 0. The molecule has 0 bridgehead atoms. The topological polar surface area (TPSA) is 94.9 Å². The van der Waals surface area contributed by atoms with E-state index in [1.54, 1.807) is 71.8 Å². The molecule has 34 heavy (non-hydrogen) atoms. The number of hydrogen-bond donors (Lipinski definition) is 2. The van der Waals surface area contributed by atoms with E-state index < -0.39 is 0 Å². The number of carbonyl (C=O) groups is 3. The summed E-state index contributed by atoms with van der Waals surface area (Å²) < 4.78 is 5.23. The quantitative estimate of drug-likeness (QED) is 0.541. The molecule has 2 aromatic carbocycles. The Morgan fingerprint density at radius 1 is 0.941 bits per heavy atom. The summed E-state index contributed by atoms with van der Waals surface area (Å²) in [6.07, 6.45) is 1.54. The van der Waals surface area contributed by atoms with Crippen LogP contribution in [0.3, 0.4) is 0 Å². The third kappa shape index (κ3) is 6.03. The van der Waals surface area contributed by atoms with Gasteiger partial charge < -0.3 is 20.0 Å². The molecule has 1 aromatic heterocycles. The van der Waals surface area contributed by atoms with Crippen LogP contribution in [0.2, 0.25) is 5.02 Å². The fourth-order valence-electron chi connectivity index (χ4n) is 3.77. The highest BCUT2D eigenvalue weighted by molar-refractivity contribution is 6.30. The highest BCUT2D eigenvalue weighted by atomic mass is 35.5. The van der Waals surface area contributed by atoms with Crippen LogP contribution in [-0.4, -0.2) is 60.2 Å². The molecule has 1 saturated heterocycles. The number of rotatable bonds is 7. The lowest BCUT2D eigenvalue weighted by molar-refractivity contribution is -0.117. The SMILES string of the molecule is O=C(CN1CCN(C(=O)c2cccc(Cl)c2)CC1)Nc1ccccc1C(=O)NCc1ccco1. The minimum atomic E-state index is -0.305. The van der Waals surface area contributed by atoms with Crippen molar-refractivity contribution in [1.82, 2.24) is 15.1 Å². The van der Waals surface area contributed by atoms with Gasteiger partial charge >= 0.3 is 0 Å². The minimum Gasteiger partial charge on any atom is -0.467 e. The highest BCUT2D eigenvalue weighted by Gasteiger charge is 2.24. The van der Waals surface area contributed by atoms with Crippen molar-refractivity contribution < 1.29 is 18.8 Å². The predicted octanol–water partition coefficient (Wildman–Crippen LogP) is 3.26. The van der Waals surface area contributed by atoms with E-state index in [4.69, 9.17) is 16.0 Å². The summed E-state index contributed by atoms with van der Waals surface area (Å²) in [6, 6.07) is 17.3. The molecule has 1 aliphatic heterocycles. The van der Waals surface area contributed by atoms with Gasteiger partial charge in [0, 0.05) is 36.8 Å². The van der Waals surface area contributed by atoms with Crippen molar-refractivity contribution in [1.29, 1.82) is 0 Å². The van der Waals surface area contributed by atoms with Crippen LogP contribution in [0.25, 0.3) is 0 Å². The summed E-state index contributed by atoms with van der Waals surface area (Å²) in [5.74, 6) is 0.0466. The normalized spacial score (nSPS) is 14.0. The molecule has 3 amide bonds. The van der Waals surface area contributed by atoms with Crippen LogP contribution in [0.5, 0.6) is 0 Å². The van der Waals surface area contributed by atoms with Gasteiger partial charge in [-0.05, 0) is 42.5 Å². The lowest BCUT2D eigenvalue weighted by Gasteiger charge is -2.34. The second-order valence-electron chi connectivity index (χ2n) is 7.93. The molecule has 0 atom stereocenters. The maximum absolute atomic E-state index is 12.7. The van der Waals surface area contributed by atoms with Crippen molar-refractivity contribution in [2.45, 2.75) is 6.54 Å². The van der Waals surface area contributed by atoms with Crippen molar-refractivity contribution in [3.8, 4) is 0 Å². The number of nitrogens with one attached hydrogen (secondary N) is 2. The van der Waals surface area contributed by atoms with Crippen molar-refractivity contribution in [2.24, 2.45) is 0 Å². The summed E-state index contributed by atoms with van der Waals surface area (Å²) in [5.41, 5.74) is 1.37. The number of nitrogens with zero attached hydrogens (tertiary/aromatic N) is 2. The van der Waals surface area contributed by atoms with E-state index in [2.05, 4.69) is 10.6 Å². The molecule has 9 heteroatoms. The first kappa shape index (κ1) is 23.5. The van der Waals surface area contributed by atoms with Gasteiger partial charge in [-0.25, -0.2) is 0 Å². The van der Waals surface area contributed by atoms with E-state index >= 15 is 0 Å². The van der Waals surface area contributed by atoms with Crippen LogP contribution < -0.4 is 10.6 Å². The number of anilines is 1. The Bertz CT molecular complexity index is 1160. The second-order valence-corrected chi connectivity index (χ2v) is 8.37. The van der Waals surface area contributed by atoms with Crippen molar-refractivity contribution in [3.05, 3.63) is 88.8 Å². The number of hydrogen-bond acceptors (Lipinski definition) is 5. The average Bonchev–Trinajstić information content (AvgIpc) is 3.37. The summed E-state index contributed by atoms with van der Waals surface area (Å²) >= 11 is 5.99. The van der Waals surface area contributed by atoms with E-state index in [1.807, 2.05) is 4.90 Å². The van der Waals surface area contributed by atoms with E-state index in [-0.39, 0.29) is 30.8 Å². The van der Waals surface area contributed by atoms with Crippen LogP contribution in [-0.2, 0) is 11.3 Å². The van der Waals surface area contributed by atoms with Gasteiger partial charge in [0.1, 0.15) is 5.76 Å². The molecule has 0 radical (unpaired) electrons. The molecule has 3 aromatic rings. The smallest absolute Gasteiger partial charge is 0.253 e. The number of piperazine rings is 1. The van der Waals surface area contributed by atoms with Gasteiger partial charge in [-0.15, -0.1) is 0 Å². The van der Waals surface area contributed by atoms with E-state index in [9.17, 15) is 14.4 Å². The maximum Gasteiger partial charge on any atom is 0.253 e. The van der Waals surface area contributed by atoms with Gasteiger partial charge in [0.15, 0.2) is 0 Å². The minimum absolute atomic E-state index is 0.0684. The zero-order valence-corrected chi connectivity index (χ0v) is 19.3. The number of benzene rings is 2. The molecule has 2 N–H and O–H groups in total. The van der Waals surface area contributed by atoms with Crippen LogP contribution in [0.1, 0.15) is 26.5 Å². The Morgan fingerprint density at radius 2 is 1.74 bits per heavy atom.